The molecular formula is C9H10ClN3S. The minimum Gasteiger partial charge on any atom is -0.318 e. The first-order valence-electron chi connectivity index (χ1n) is 4.16. The van der Waals surface area contributed by atoms with Gasteiger partial charge in [0.05, 0.1) is 16.8 Å². The second-order valence-corrected chi connectivity index (χ2v) is 4.38. The van der Waals surface area contributed by atoms with Gasteiger partial charge < -0.3 is 5.73 Å². The highest BCUT2D eigenvalue weighted by Gasteiger charge is 2.15. The molecule has 5 heteroatoms. The van der Waals surface area contributed by atoms with Crippen LogP contribution in [-0.4, -0.2) is 9.78 Å². The molecule has 2 aromatic heterocycles. The van der Waals surface area contributed by atoms with E-state index in [-0.39, 0.29) is 6.04 Å². The average molecular weight is 228 g/mol. The molecule has 0 aliphatic carbocycles. The second-order valence-electron chi connectivity index (χ2n) is 3.02. The molecule has 1 atom stereocenters. The Morgan fingerprint density at radius 3 is 2.86 bits per heavy atom. The van der Waals surface area contributed by atoms with E-state index in [0.717, 1.165) is 10.6 Å². The van der Waals surface area contributed by atoms with Gasteiger partial charge >= 0.3 is 0 Å². The van der Waals surface area contributed by atoms with Crippen LogP contribution < -0.4 is 5.73 Å². The molecule has 0 fully saturated rings. The van der Waals surface area contributed by atoms with Gasteiger partial charge in [-0.1, -0.05) is 11.6 Å². The number of nitrogens with two attached hydrogens (primary N) is 1. The average Bonchev–Trinajstić information content (AvgIpc) is 2.73. The fourth-order valence-electron chi connectivity index (χ4n) is 1.26. The van der Waals surface area contributed by atoms with Crippen LogP contribution in [0.25, 0.3) is 0 Å². The van der Waals surface area contributed by atoms with Crippen molar-refractivity contribution in [2.24, 2.45) is 12.8 Å². The molecular weight excluding hydrogens is 218 g/mol. The highest BCUT2D eigenvalue weighted by molar-refractivity contribution is 7.10. The van der Waals surface area contributed by atoms with Crippen LogP contribution in [-0.2, 0) is 7.05 Å². The third-order valence-corrected chi connectivity index (χ3v) is 3.42. The summed E-state index contributed by atoms with van der Waals surface area (Å²) in [6.07, 6.45) is 1.87. The second kappa shape index (κ2) is 3.73. The first-order chi connectivity index (χ1) is 6.68. The number of aryl methyl sites for hydroxylation is 1. The molecule has 2 heterocycles. The Morgan fingerprint density at radius 2 is 2.36 bits per heavy atom. The summed E-state index contributed by atoms with van der Waals surface area (Å²) in [4.78, 5) is 0.963. The third-order valence-electron chi connectivity index (χ3n) is 1.98. The Morgan fingerprint density at radius 1 is 1.57 bits per heavy atom. The fraction of sp³-hybridized carbons (Fsp3) is 0.222. The van der Waals surface area contributed by atoms with Gasteiger partial charge in [0.15, 0.2) is 0 Å². The highest BCUT2D eigenvalue weighted by Crippen LogP contribution is 2.30. The summed E-state index contributed by atoms with van der Waals surface area (Å²) in [6.45, 7) is 0. The van der Waals surface area contributed by atoms with E-state index in [1.54, 1.807) is 16.0 Å². The molecule has 0 saturated heterocycles. The van der Waals surface area contributed by atoms with E-state index < -0.39 is 0 Å². The molecule has 2 rings (SSSR count). The van der Waals surface area contributed by atoms with Gasteiger partial charge in [-0.25, -0.2) is 0 Å². The summed E-state index contributed by atoms with van der Waals surface area (Å²) in [6, 6.07) is 3.54. The largest absolute Gasteiger partial charge is 0.318 e. The Labute approximate surface area is 91.1 Å². The summed E-state index contributed by atoms with van der Waals surface area (Å²) in [5.74, 6) is 0. The number of hydrogen-bond donors (Lipinski definition) is 1. The number of thiophene rings is 1. The Balaban J connectivity index is 2.33. The van der Waals surface area contributed by atoms with Gasteiger partial charge in [0, 0.05) is 18.1 Å². The zero-order valence-electron chi connectivity index (χ0n) is 7.64. The molecule has 0 aliphatic rings. The van der Waals surface area contributed by atoms with Gasteiger partial charge in [0.1, 0.15) is 0 Å². The molecule has 0 spiro atoms. The van der Waals surface area contributed by atoms with E-state index in [9.17, 15) is 0 Å². The summed E-state index contributed by atoms with van der Waals surface area (Å²) in [5, 5.41) is 6.89. The number of aromatic nitrogens is 2. The predicted molar refractivity (Wildman–Crippen MR) is 58.6 cm³/mol. The Hall–Kier alpha value is -0.840. The molecule has 14 heavy (non-hydrogen) atoms. The zero-order valence-corrected chi connectivity index (χ0v) is 9.22. The molecule has 0 saturated carbocycles. The summed E-state index contributed by atoms with van der Waals surface area (Å²) >= 11 is 7.54. The topological polar surface area (TPSA) is 43.8 Å². The number of nitrogens with zero attached hydrogens (tertiary/aromatic N) is 2. The van der Waals surface area contributed by atoms with Gasteiger partial charge in [-0.2, -0.15) is 5.10 Å². The lowest BCUT2D eigenvalue weighted by Crippen LogP contribution is -2.11. The van der Waals surface area contributed by atoms with Crippen LogP contribution in [0, 0.1) is 0 Å². The maximum Gasteiger partial charge on any atom is 0.0853 e. The van der Waals surface area contributed by atoms with E-state index in [1.165, 1.54) is 0 Å². The summed E-state index contributed by atoms with van der Waals surface area (Å²) < 4.78 is 1.73. The Kier molecular flexibility index (Phi) is 2.58. The van der Waals surface area contributed by atoms with Crippen molar-refractivity contribution in [1.29, 1.82) is 0 Å². The van der Waals surface area contributed by atoms with Crippen LogP contribution in [0.5, 0.6) is 0 Å². The molecule has 2 aromatic rings. The number of rotatable bonds is 2. The normalized spacial score (nSPS) is 13.1. The molecule has 0 aromatic carbocycles. The predicted octanol–water partition coefficient (Wildman–Crippen LogP) is 2.18. The smallest absolute Gasteiger partial charge is 0.0853 e. The highest BCUT2D eigenvalue weighted by atomic mass is 35.5. The van der Waals surface area contributed by atoms with Crippen molar-refractivity contribution < 1.29 is 0 Å². The maximum absolute atomic E-state index is 6.03. The van der Waals surface area contributed by atoms with Crippen LogP contribution in [0.15, 0.2) is 23.7 Å². The van der Waals surface area contributed by atoms with Crippen molar-refractivity contribution >= 4 is 22.9 Å². The molecule has 0 bridgehead atoms. The maximum atomic E-state index is 6.03. The molecule has 0 aliphatic heterocycles. The lowest BCUT2D eigenvalue weighted by atomic mass is 10.2. The molecule has 3 nitrogen and oxygen atoms in total. The van der Waals surface area contributed by atoms with Crippen molar-refractivity contribution in [1.82, 2.24) is 9.78 Å². The van der Waals surface area contributed by atoms with Crippen LogP contribution in [0.1, 0.15) is 16.6 Å². The van der Waals surface area contributed by atoms with Crippen LogP contribution in [0.3, 0.4) is 0 Å². The SMILES string of the molecule is Cn1ccc(C(N)c2sccc2Cl)n1. The number of halogens is 1. The molecule has 0 radical (unpaired) electrons. The lowest BCUT2D eigenvalue weighted by Gasteiger charge is -2.06. The third kappa shape index (κ3) is 1.68. The van der Waals surface area contributed by atoms with Gasteiger partial charge in [-0.05, 0) is 17.5 Å². The summed E-state index contributed by atoms with van der Waals surface area (Å²) in [5.41, 5.74) is 6.87. The fourth-order valence-corrected chi connectivity index (χ4v) is 2.45. The van der Waals surface area contributed by atoms with E-state index in [1.807, 2.05) is 30.8 Å². The standard InChI is InChI=1S/C9H10ClN3S/c1-13-4-2-7(12-13)8(11)9-6(10)3-5-14-9/h2-5,8H,11H2,1H3. The minimum atomic E-state index is -0.219. The lowest BCUT2D eigenvalue weighted by molar-refractivity contribution is 0.720. The molecule has 74 valence electrons. The summed E-state index contributed by atoms with van der Waals surface area (Å²) in [7, 11) is 1.87. The van der Waals surface area contributed by atoms with E-state index >= 15 is 0 Å². The van der Waals surface area contributed by atoms with Crippen molar-refractivity contribution in [3.8, 4) is 0 Å². The van der Waals surface area contributed by atoms with E-state index in [4.69, 9.17) is 17.3 Å². The minimum absolute atomic E-state index is 0.219. The Bertz CT molecular complexity index is 435. The van der Waals surface area contributed by atoms with E-state index in [0.29, 0.717) is 5.02 Å². The number of hydrogen-bond acceptors (Lipinski definition) is 3. The first-order valence-corrected chi connectivity index (χ1v) is 5.42. The van der Waals surface area contributed by atoms with Gasteiger partial charge in [-0.15, -0.1) is 11.3 Å². The zero-order chi connectivity index (χ0) is 10.1. The van der Waals surface area contributed by atoms with Gasteiger partial charge in [-0.3, -0.25) is 4.68 Å². The quantitative estimate of drug-likeness (QED) is 0.855. The van der Waals surface area contributed by atoms with E-state index in [2.05, 4.69) is 5.10 Å². The van der Waals surface area contributed by atoms with Crippen LogP contribution >= 0.6 is 22.9 Å². The van der Waals surface area contributed by atoms with Gasteiger partial charge in [0.25, 0.3) is 0 Å². The monoisotopic (exact) mass is 227 g/mol. The van der Waals surface area contributed by atoms with Crippen molar-refractivity contribution in [2.45, 2.75) is 6.04 Å². The molecule has 1 unspecified atom stereocenters. The van der Waals surface area contributed by atoms with Crippen molar-refractivity contribution in [3.63, 3.8) is 0 Å². The first kappa shape index (κ1) is 9.71. The van der Waals surface area contributed by atoms with Crippen LogP contribution in [0.4, 0.5) is 0 Å². The van der Waals surface area contributed by atoms with Gasteiger partial charge in [0.2, 0.25) is 0 Å². The molecule has 2 N–H and O–H groups in total. The van der Waals surface area contributed by atoms with Crippen molar-refractivity contribution in [3.05, 3.63) is 39.3 Å². The van der Waals surface area contributed by atoms with Crippen molar-refractivity contribution in [2.75, 3.05) is 0 Å². The van der Waals surface area contributed by atoms with Crippen LogP contribution in [0.2, 0.25) is 5.02 Å². The molecule has 0 amide bonds.